The van der Waals surface area contributed by atoms with Crippen LogP contribution in [0.25, 0.3) is 26.1 Å². The molecule has 8 heteroatoms. The van der Waals surface area contributed by atoms with Crippen molar-refractivity contribution in [3.63, 3.8) is 0 Å². The number of carbonyl (C=O) groups excluding carboxylic acids is 1. The van der Waals surface area contributed by atoms with Gasteiger partial charge in [-0.3, -0.25) is 4.79 Å². The van der Waals surface area contributed by atoms with Crippen molar-refractivity contribution in [3.8, 4) is 5.69 Å². The van der Waals surface area contributed by atoms with Gasteiger partial charge in [0.25, 0.3) is 5.56 Å². The van der Waals surface area contributed by atoms with E-state index in [1.54, 1.807) is 31.2 Å². The van der Waals surface area contributed by atoms with E-state index in [0.29, 0.717) is 15.9 Å². The molecule has 4 aromatic rings. The molecule has 0 fully saturated rings. The Labute approximate surface area is 158 Å². The van der Waals surface area contributed by atoms with Crippen LogP contribution in [-0.2, 0) is 4.74 Å². The predicted molar refractivity (Wildman–Crippen MR) is 104 cm³/mol. The van der Waals surface area contributed by atoms with Crippen molar-refractivity contribution < 1.29 is 9.53 Å². The fraction of sp³-hybridized carbons (Fsp3) is 0.211. The third-order valence-electron chi connectivity index (χ3n) is 4.35. The smallest absolute Gasteiger partial charge is 0.340 e. The highest BCUT2D eigenvalue weighted by molar-refractivity contribution is 7.25. The summed E-state index contributed by atoms with van der Waals surface area (Å²) in [6.45, 7) is 5.87. The standard InChI is InChI=1S/C19H16N4O3S/c1-4-26-19(25)12-7-5-6-8-14(12)23-18(24)16-15(21-22-23)13-9-10(2)11(3)20-17(13)27-16/h5-9H,4H2,1-3H3. The summed E-state index contributed by atoms with van der Waals surface area (Å²) in [4.78, 5) is 30.6. The number of fused-ring (bicyclic) bond motifs is 3. The average Bonchev–Trinajstić information content (AvgIpc) is 3.01. The third-order valence-corrected chi connectivity index (χ3v) is 5.43. The second-order valence-electron chi connectivity index (χ2n) is 6.07. The van der Waals surface area contributed by atoms with Gasteiger partial charge in [0.2, 0.25) is 0 Å². The summed E-state index contributed by atoms with van der Waals surface area (Å²) in [6, 6.07) is 8.66. The molecule has 4 rings (SSSR count). The predicted octanol–water partition coefficient (Wildman–Crippen LogP) is 3.18. The molecular weight excluding hydrogens is 364 g/mol. The fourth-order valence-corrected chi connectivity index (χ4v) is 3.93. The maximum absolute atomic E-state index is 13.1. The van der Waals surface area contributed by atoms with Gasteiger partial charge in [0.05, 0.1) is 17.9 Å². The van der Waals surface area contributed by atoms with Gasteiger partial charge in [-0.1, -0.05) is 17.3 Å². The highest BCUT2D eigenvalue weighted by Crippen LogP contribution is 2.30. The molecule has 0 N–H and O–H groups in total. The Balaban J connectivity index is 1.98. The van der Waals surface area contributed by atoms with Crippen molar-refractivity contribution in [2.75, 3.05) is 6.61 Å². The van der Waals surface area contributed by atoms with Crippen LogP contribution in [0, 0.1) is 13.8 Å². The van der Waals surface area contributed by atoms with Gasteiger partial charge in [-0.25, -0.2) is 9.78 Å². The number of rotatable bonds is 3. The first-order valence-electron chi connectivity index (χ1n) is 8.44. The molecular formula is C19H16N4O3S. The van der Waals surface area contributed by atoms with Crippen LogP contribution < -0.4 is 5.56 Å². The maximum Gasteiger partial charge on any atom is 0.340 e. The molecule has 0 unspecified atom stereocenters. The van der Waals surface area contributed by atoms with Gasteiger partial charge in [0.15, 0.2) is 0 Å². The molecule has 0 amide bonds. The van der Waals surface area contributed by atoms with Crippen molar-refractivity contribution in [1.82, 2.24) is 20.0 Å². The Morgan fingerprint density at radius 2 is 2.04 bits per heavy atom. The Kier molecular flexibility index (Phi) is 4.19. The van der Waals surface area contributed by atoms with Crippen molar-refractivity contribution in [3.05, 3.63) is 57.5 Å². The molecule has 136 valence electrons. The number of hydrogen-bond donors (Lipinski definition) is 0. The van der Waals surface area contributed by atoms with E-state index >= 15 is 0 Å². The number of hydrogen-bond acceptors (Lipinski definition) is 7. The lowest BCUT2D eigenvalue weighted by Crippen LogP contribution is -2.24. The number of esters is 1. The molecule has 0 saturated carbocycles. The molecule has 3 heterocycles. The van der Waals surface area contributed by atoms with E-state index in [2.05, 4.69) is 15.3 Å². The first-order valence-corrected chi connectivity index (χ1v) is 9.26. The number of thiophene rings is 1. The Morgan fingerprint density at radius 1 is 1.26 bits per heavy atom. The highest BCUT2D eigenvalue weighted by atomic mass is 32.1. The van der Waals surface area contributed by atoms with Crippen molar-refractivity contribution in [1.29, 1.82) is 0 Å². The first kappa shape index (κ1) is 17.3. The summed E-state index contributed by atoms with van der Waals surface area (Å²) < 4.78 is 6.68. The van der Waals surface area contributed by atoms with Gasteiger partial charge >= 0.3 is 5.97 Å². The number of aromatic nitrogens is 4. The minimum absolute atomic E-state index is 0.244. The zero-order valence-electron chi connectivity index (χ0n) is 15.0. The molecule has 0 atom stereocenters. The normalized spacial score (nSPS) is 11.2. The van der Waals surface area contributed by atoms with Crippen LogP contribution in [0.15, 0.2) is 35.1 Å². The second-order valence-corrected chi connectivity index (χ2v) is 7.07. The Hall–Kier alpha value is -3.13. The van der Waals surface area contributed by atoms with Gasteiger partial charge in [-0.2, -0.15) is 4.68 Å². The average molecular weight is 380 g/mol. The van der Waals surface area contributed by atoms with Crippen molar-refractivity contribution in [2.24, 2.45) is 0 Å². The molecule has 0 saturated heterocycles. The molecule has 0 aliphatic heterocycles. The lowest BCUT2D eigenvalue weighted by molar-refractivity contribution is 0.0526. The summed E-state index contributed by atoms with van der Waals surface area (Å²) >= 11 is 1.28. The highest BCUT2D eigenvalue weighted by Gasteiger charge is 2.19. The number of nitrogens with zero attached hydrogens (tertiary/aromatic N) is 4. The van der Waals surface area contributed by atoms with Gasteiger partial charge in [-0.15, -0.1) is 16.4 Å². The minimum atomic E-state index is -0.508. The molecule has 3 aromatic heterocycles. The number of pyridine rings is 1. The molecule has 1 aromatic carbocycles. The molecule has 0 bridgehead atoms. The summed E-state index contributed by atoms with van der Waals surface area (Å²) in [5, 5.41) is 9.15. The number of aryl methyl sites for hydroxylation is 2. The monoisotopic (exact) mass is 380 g/mol. The largest absolute Gasteiger partial charge is 0.462 e. The molecule has 0 radical (unpaired) electrons. The maximum atomic E-state index is 13.1. The molecule has 27 heavy (non-hydrogen) atoms. The van der Waals surface area contributed by atoms with Crippen LogP contribution >= 0.6 is 11.3 Å². The zero-order chi connectivity index (χ0) is 19.1. The van der Waals surface area contributed by atoms with E-state index in [1.165, 1.54) is 11.3 Å². The molecule has 0 spiro atoms. The van der Waals surface area contributed by atoms with E-state index in [-0.39, 0.29) is 17.7 Å². The SMILES string of the molecule is CCOC(=O)c1ccccc1-n1nnc2c(sc3nc(C)c(C)cc32)c1=O. The van der Waals surface area contributed by atoms with E-state index in [0.717, 1.165) is 26.2 Å². The lowest BCUT2D eigenvalue weighted by atomic mass is 10.2. The van der Waals surface area contributed by atoms with Crippen molar-refractivity contribution >= 4 is 37.7 Å². The fourth-order valence-electron chi connectivity index (χ4n) is 2.87. The van der Waals surface area contributed by atoms with Gasteiger partial charge < -0.3 is 4.74 Å². The number of ether oxygens (including phenoxy) is 1. The molecule has 0 aliphatic carbocycles. The topological polar surface area (TPSA) is 87.0 Å². The van der Waals surface area contributed by atoms with Gasteiger partial charge in [-0.05, 0) is 44.5 Å². The van der Waals surface area contributed by atoms with Crippen LogP contribution in [0.1, 0.15) is 28.5 Å². The van der Waals surface area contributed by atoms with Gasteiger partial charge in [0.1, 0.15) is 15.0 Å². The first-order chi connectivity index (χ1) is 13.0. The van der Waals surface area contributed by atoms with Crippen LogP contribution in [0.5, 0.6) is 0 Å². The number of carbonyl (C=O) groups is 1. The van der Waals surface area contributed by atoms with Crippen LogP contribution in [0.3, 0.4) is 0 Å². The van der Waals surface area contributed by atoms with E-state index in [1.807, 2.05) is 19.9 Å². The van der Waals surface area contributed by atoms with Crippen molar-refractivity contribution in [2.45, 2.75) is 20.8 Å². The summed E-state index contributed by atoms with van der Waals surface area (Å²) in [5.41, 5.74) is 2.74. The van der Waals surface area contributed by atoms with Gasteiger partial charge in [0, 0.05) is 11.1 Å². The van der Waals surface area contributed by atoms with Crippen LogP contribution in [0.2, 0.25) is 0 Å². The van der Waals surface area contributed by atoms with Crippen LogP contribution in [-0.4, -0.2) is 32.6 Å². The molecule has 0 aliphatic rings. The lowest BCUT2D eigenvalue weighted by Gasteiger charge is -2.09. The second kappa shape index (κ2) is 6.55. The summed E-state index contributed by atoms with van der Waals surface area (Å²) in [6.07, 6.45) is 0. The van der Waals surface area contributed by atoms with E-state index in [9.17, 15) is 9.59 Å². The van der Waals surface area contributed by atoms with Crippen LogP contribution in [0.4, 0.5) is 0 Å². The van der Waals surface area contributed by atoms with E-state index in [4.69, 9.17) is 4.74 Å². The summed E-state index contributed by atoms with van der Waals surface area (Å²) in [7, 11) is 0. The summed E-state index contributed by atoms with van der Waals surface area (Å²) in [5.74, 6) is -0.508. The Morgan fingerprint density at radius 3 is 2.81 bits per heavy atom. The molecule has 7 nitrogen and oxygen atoms in total. The minimum Gasteiger partial charge on any atom is -0.462 e. The van der Waals surface area contributed by atoms with E-state index < -0.39 is 5.97 Å². The number of para-hydroxylation sites is 1. The Bertz CT molecular complexity index is 1260. The third kappa shape index (κ3) is 2.78. The zero-order valence-corrected chi connectivity index (χ0v) is 15.8. The quantitative estimate of drug-likeness (QED) is 0.507. The number of benzene rings is 1.